The van der Waals surface area contributed by atoms with Crippen LogP contribution in [0.25, 0.3) is 0 Å². The smallest absolute Gasteiger partial charge is 0.356 e. The predicted octanol–water partition coefficient (Wildman–Crippen LogP) is 3.14. The summed E-state index contributed by atoms with van der Waals surface area (Å²) in [5, 5.41) is 9.34. The molecule has 0 saturated heterocycles. The first kappa shape index (κ1) is 11.8. The van der Waals surface area contributed by atoms with Gasteiger partial charge in [0.1, 0.15) is 5.82 Å². The van der Waals surface area contributed by atoms with Gasteiger partial charge in [-0.15, -0.1) is 0 Å². The normalized spacial score (nSPS) is 24.2. The van der Waals surface area contributed by atoms with Gasteiger partial charge < -0.3 is 9.67 Å². The fraction of sp³-hybridized carbons (Fsp3) is 0.714. The fourth-order valence-electron chi connectivity index (χ4n) is 3.56. The van der Waals surface area contributed by atoms with Crippen LogP contribution >= 0.6 is 0 Å². The summed E-state index contributed by atoms with van der Waals surface area (Å²) in [4.78, 5) is 15.9. The van der Waals surface area contributed by atoms with Gasteiger partial charge in [0, 0.05) is 12.5 Å². The minimum absolute atomic E-state index is 0.309. The van der Waals surface area contributed by atoms with Crippen LogP contribution in [0.1, 0.15) is 79.3 Å². The van der Waals surface area contributed by atoms with Crippen LogP contribution in [-0.4, -0.2) is 20.6 Å². The van der Waals surface area contributed by atoms with Crippen molar-refractivity contribution < 1.29 is 9.90 Å². The van der Waals surface area contributed by atoms with Gasteiger partial charge in [0.25, 0.3) is 0 Å². The second-order valence-corrected chi connectivity index (χ2v) is 5.69. The van der Waals surface area contributed by atoms with Crippen molar-refractivity contribution >= 4 is 5.97 Å². The molecule has 0 aromatic carbocycles. The Morgan fingerprint density at radius 1 is 1.28 bits per heavy atom. The van der Waals surface area contributed by atoms with E-state index in [4.69, 9.17) is 0 Å². The minimum atomic E-state index is -0.864. The molecule has 4 nitrogen and oxygen atoms in total. The summed E-state index contributed by atoms with van der Waals surface area (Å²) in [5.41, 5.74) is 1.28. The van der Waals surface area contributed by atoms with Crippen LogP contribution in [0.2, 0.25) is 0 Å². The van der Waals surface area contributed by atoms with Crippen LogP contribution in [0.15, 0.2) is 0 Å². The largest absolute Gasteiger partial charge is 0.476 e. The van der Waals surface area contributed by atoms with Crippen LogP contribution in [0, 0.1) is 0 Å². The zero-order valence-electron chi connectivity index (χ0n) is 10.9. The average molecular weight is 248 g/mol. The lowest BCUT2D eigenvalue weighted by Crippen LogP contribution is -2.18. The van der Waals surface area contributed by atoms with E-state index in [1.165, 1.54) is 25.7 Å². The first-order valence-corrected chi connectivity index (χ1v) is 7.02. The van der Waals surface area contributed by atoms with Gasteiger partial charge in [-0.05, 0) is 31.6 Å². The predicted molar refractivity (Wildman–Crippen MR) is 68.0 cm³/mol. The van der Waals surface area contributed by atoms with Crippen molar-refractivity contribution in [1.82, 2.24) is 9.55 Å². The van der Waals surface area contributed by atoms with E-state index in [2.05, 4.69) is 16.5 Å². The number of aromatic carboxylic acids is 1. The van der Waals surface area contributed by atoms with Crippen molar-refractivity contribution in [1.29, 1.82) is 0 Å². The van der Waals surface area contributed by atoms with Gasteiger partial charge in [0.15, 0.2) is 5.69 Å². The van der Waals surface area contributed by atoms with Crippen LogP contribution in [0.4, 0.5) is 0 Å². The lowest BCUT2D eigenvalue weighted by Gasteiger charge is -2.24. The van der Waals surface area contributed by atoms with Crippen molar-refractivity contribution in [3.8, 4) is 0 Å². The molecule has 0 spiro atoms. The third kappa shape index (κ3) is 1.74. The van der Waals surface area contributed by atoms with Gasteiger partial charge in [-0.2, -0.15) is 0 Å². The lowest BCUT2D eigenvalue weighted by atomic mass is 9.96. The molecule has 1 N–H and O–H groups in total. The molecule has 0 radical (unpaired) electrons. The number of aromatic nitrogens is 2. The van der Waals surface area contributed by atoms with Crippen LogP contribution < -0.4 is 0 Å². The molecular weight excluding hydrogens is 228 g/mol. The van der Waals surface area contributed by atoms with E-state index in [0.717, 1.165) is 30.9 Å². The summed E-state index contributed by atoms with van der Waals surface area (Å²) in [7, 11) is 0. The molecule has 4 heteroatoms. The highest BCUT2D eigenvalue weighted by atomic mass is 16.4. The summed E-state index contributed by atoms with van der Waals surface area (Å²) < 4.78 is 2.22. The Bertz CT molecular complexity index is 472. The van der Waals surface area contributed by atoms with Crippen molar-refractivity contribution in [3.05, 3.63) is 17.2 Å². The second-order valence-electron chi connectivity index (χ2n) is 5.69. The molecule has 1 aromatic heterocycles. The average Bonchev–Trinajstić information content (AvgIpc) is 2.95. The van der Waals surface area contributed by atoms with Gasteiger partial charge in [0.2, 0.25) is 0 Å². The van der Waals surface area contributed by atoms with E-state index in [1.54, 1.807) is 0 Å². The molecule has 1 fully saturated rings. The van der Waals surface area contributed by atoms with Gasteiger partial charge >= 0.3 is 5.97 Å². The first-order valence-electron chi connectivity index (χ1n) is 7.02. The molecule has 1 saturated carbocycles. The van der Waals surface area contributed by atoms with E-state index < -0.39 is 5.97 Å². The highest BCUT2D eigenvalue weighted by molar-refractivity contribution is 5.87. The highest BCUT2D eigenvalue weighted by Gasteiger charge is 2.32. The Kier molecular flexibility index (Phi) is 2.88. The van der Waals surface area contributed by atoms with Crippen LogP contribution in [0.5, 0.6) is 0 Å². The van der Waals surface area contributed by atoms with Crippen molar-refractivity contribution in [3.63, 3.8) is 0 Å². The zero-order chi connectivity index (χ0) is 12.7. The van der Waals surface area contributed by atoms with E-state index >= 15 is 0 Å². The molecule has 1 aliphatic heterocycles. The Morgan fingerprint density at radius 2 is 2.00 bits per heavy atom. The van der Waals surface area contributed by atoms with E-state index in [0.29, 0.717) is 17.5 Å². The molecule has 18 heavy (non-hydrogen) atoms. The molecule has 3 rings (SSSR count). The minimum Gasteiger partial charge on any atom is -0.476 e. The second kappa shape index (κ2) is 4.41. The van der Waals surface area contributed by atoms with E-state index in [9.17, 15) is 9.90 Å². The summed E-state index contributed by atoms with van der Waals surface area (Å²) in [5.74, 6) is 0.998. The highest BCUT2D eigenvalue weighted by Crippen LogP contribution is 2.38. The van der Waals surface area contributed by atoms with Gasteiger partial charge in [-0.1, -0.05) is 19.8 Å². The monoisotopic (exact) mass is 248 g/mol. The first-order chi connectivity index (χ1) is 8.68. The number of hydrogen-bond acceptors (Lipinski definition) is 2. The topological polar surface area (TPSA) is 55.1 Å². The van der Waals surface area contributed by atoms with Gasteiger partial charge in [0.05, 0.1) is 5.69 Å². The third-order valence-electron chi connectivity index (χ3n) is 4.44. The number of carbonyl (C=O) groups is 1. The molecule has 1 unspecified atom stereocenters. The number of imidazole rings is 1. The van der Waals surface area contributed by atoms with E-state index in [-0.39, 0.29) is 0 Å². The summed E-state index contributed by atoms with van der Waals surface area (Å²) in [6.45, 7) is 3.07. The zero-order valence-corrected chi connectivity index (χ0v) is 10.9. The Morgan fingerprint density at radius 3 is 2.67 bits per heavy atom. The van der Waals surface area contributed by atoms with Gasteiger partial charge in [-0.25, -0.2) is 9.78 Å². The summed E-state index contributed by atoms with van der Waals surface area (Å²) in [6, 6.07) is 0. The van der Waals surface area contributed by atoms with Crippen LogP contribution in [0.3, 0.4) is 0 Å². The molecule has 2 aliphatic rings. The molecular formula is C14H20N2O2. The maximum Gasteiger partial charge on any atom is 0.356 e. The molecule has 1 aromatic rings. The van der Waals surface area contributed by atoms with Crippen LogP contribution in [-0.2, 0) is 6.54 Å². The Labute approximate surface area is 107 Å². The number of carboxylic acids is 1. The third-order valence-corrected chi connectivity index (χ3v) is 4.44. The summed E-state index contributed by atoms with van der Waals surface area (Å²) in [6.07, 6.45) is 7.07. The fourth-order valence-corrected chi connectivity index (χ4v) is 3.56. The molecule has 0 amide bonds. The quantitative estimate of drug-likeness (QED) is 0.874. The molecule has 2 heterocycles. The van der Waals surface area contributed by atoms with E-state index in [1.807, 2.05) is 0 Å². The van der Waals surface area contributed by atoms with Crippen molar-refractivity contribution in [2.45, 2.75) is 63.8 Å². The number of carboxylic acid groups (broad SMARTS) is 1. The number of nitrogens with zero attached hydrogens (tertiary/aromatic N) is 2. The Hall–Kier alpha value is -1.32. The van der Waals surface area contributed by atoms with Gasteiger partial charge in [-0.3, -0.25) is 0 Å². The Balaban J connectivity index is 2.09. The number of rotatable bonds is 2. The summed E-state index contributed by atoms with van der Waals surface area (Å²) >= 11 is 0. The molecule has 0 bridgehead atoms. The number of hydrogen-bond donors (Lipinski definition) is 1. The maximum absolute atomic E-state index is 11.4. The maximum atomic E-state index is 11.4. The standard InChI is InChI=1S/C14H20N2O2/c1-9-5-4-8-16-12(9)11(14(17)18)15-13(16)10-6-2-3-7-10/h9-10H,2-8H2,1H3,(H,17,18). The molecule has 98 valence electrons. The SMILES string of the molecule is CC1CCCn2c(C3CCCC3)nc(C(=O)O)c21. The molecule has 1 aliphatic carbocycles. The number of fused-ring (bicyclic) bond motifs is 1. The van der Waals surface area contributed by atoms with Crippen molar-refractivity contribution in [2.24, 2.45) is 0 Å². The molecule has 1 atom stereocenters. The van der Waals surface area contributed by atoms with Crippen molar-refractivity contribution in [2.75, 3.05) is 0 Å². The lowest BCUT2D eigenvalue weighted by molar-refractivity contribution is 0.0688.